The number of thioether (sulfide) groups is 1. The molecular weight excluding hydrogens is 302 g/mol. The summed E-state index contributed by atoms with van der Waals surface area (Å²) >= 11 is 1.67. The Bertz CT molecular complexity index is 657. The Kier molecular flexibility index (Phi) is 3.07. The highest BCUT2D eigenvalue weighted by Gasteiger charge is 2.60. The maximum atomic E-state index is 12.4. The van der Waals surface area contributed by atoms with E-state index in [4.69, 9.17) is 4.74 Å². The molecule has 4 atom stereocenters. The molecule has 0 N–H and O–H groups in total. The average molecular weight is 315 g/mol. The zero-order valence-corrected chi connectivity index (χ0v) is 12.4. The van der Waals surface area contributed by atoms with Crippen LogP contribution < -0.4 is 0 Å². The van der Waals surface area contributed by atoms with Gasteiger partial charge in [0.05, 0.1) is 17.4 Å². The number of ether oxygens (including phenoxy) is 1. The first kappa shape index (κ1) is 13.6. The fourth-order valence-electron chi connectivity index (χ4n) is 3.27. The van der Waals surface area contributed by atoms with E-state index in [1.165, 1.54) is 0 Å². The largest absolute Gasteiger partial charge is 0.440 e. The number of esters is 1. The molecule has 1 aromatic rings. The van der Waals surface area contributed by atoms with E-state index in [1.807, 2.05) is 12.2 Å². The summed E-state index contributed by atoms with van der Waals surface area (Å²) in [6, 6.07) is 8.52. The van der Waals surface area contributed by atoms with Gasteiger partial charge in [-0.2, -0.15) is 0 Å². The molecule has 0 saturated carbocycles. The van der Waals surface area contributed by atoms with Gasteiger partial charge in [0.15, 0.2) is 6.73 Å². The number of benzene rings is 1. The van der Waals surface area contributed by atoms with Crippen molar-refractivity contribution in [1.29, 1.82) is 0 Å². The van der Waals surface area contributed by atoms with Gasteiger partial charge in [-0.3, -0.25) is 9.59 Å². The maximum absolute atomic E-state index is 12.4. The van der Waals surface area contributed by atoms with Crippen LogP contribution in [0, 0.1) is 11.8 Å². The lowest BCUT2D eigenvalue weighted by atomic mass is 9.85. The molecule has 1 aromatic carbocycles. The summed E-state index contributed by atoms with van der Waals surface area (Å²) in [6.07, 6.45) is 4.00. The molecule has 4 unspecified atom stereocenters. The summed E-state index contributed by atoms with van der Waals surface area (Å²) in [7, 11) is 0. The number of imide groups is 1. The van der Waals surface area contributed by atoms with Crippen LogP contribution in [0.5, 0.6) is 0 Å². The van der Waals surface area contributed by atoms with Crippen LogP contribution in [0.1, 0.15) is 10.4 Å². The predicted octanol–water partition coefficient (Wildman–Crippen LogP) is 1.46. The number of hydrogen-bond donors (Lipinski definition) is 0. The maximum Gasteiger partial charge on any atom is 0.339 e. The van der Waals surface area contributed by atoms with Crippen LogP contribution >= 0.6 is 11.8 Å². The molecule has 2 fully saturated rings. The minimum Gasteiger partial charge on any atom is -0.440 e. The second kappa shape index (κ2) is 4.98. The third-order valence-corrected chi connectivity index (χ3v) is 5.87. The van der Waals surface area contributed by atoms with Crippen molar-refractivity contribution in [1.82, 2.24) is 4.90 Å². The number of carbonyl (C=O) groups excluding carboxylic acids is 3. The van der Waals surface area contributed by atoms with Gasteiger partial charge in [-0.25, -0.2) is 9.69 Å². The average Bonchev–Trinajstić information content (AvgIpc) is 3.21. The third kappa shape index (κ3) is 1.90. The smallest absolute Gasteiger partial charge is 0.339 e. The Balaban J connectivity index is 1.45. The molecule has 112 valence electrons. The van der Waals surface area contributed by atoms with Gasteiger partial charge < -0.3 is 4.74 Å². The van der Waals surface area contributed by atoms with Crippen LogP contribution in [0.2, 0.25) is 0 Å². The Morgan fingerprint density at radius 2 is 1.64 bits per heavy atom. The molecule has 0 spiro atoms. The van der Waals surface area contributed by atoms with Crippen LogP contribution in [0.25, 0.3) is 0 Å². The molecule has 3 aliphatic rings. The van der Waals surface area contributed by atoms with Crippen LogP contribution in [-0.4, -0.2) is 39.9 Å². The Morgan fingerprint density at radius 1 is 1.05 bits per heavy atom. The summed E-state index contributed by atoms with van der Waals surface area (Å²) < 4.78 is 5.13. The van der Waals surface area contributed by atoms with E-state index < -0.39 is 5.97 Å². The first-order chi connectivity index (χ1) is 10.7. The van der Waals surface area contributed by atoms with E-state index >= 15 is 0 Å². The molecule has 6 heteroatoms. The second-order valence-electron chi connectivity index (χ2n) is 5.53. The number of carbonyl (C=O) groups is 3. The predicted molar refractivity (Wildman–Crippen MR) is 79.9 cm³/mol. The van der Waals surface area contributed by atoms with E-state index in [-0.39, 0.29) is 40.9 Å². The fraction of sp³-hybridized carbons (Fsp3) is 0.312. The summed E-state index contributed by atoms with van der Waals surface area (Å²) in [5.74, 6) is -1.56. The minimum atomic E-state index is -0.534. The molecular formula is C16H13NO4S. The number of fused-ring (bicyclic) bond motifs is 5. The van der Waals surface area contributed by atoms with Gasteiger partial charge in [-0.15, -0.1) is 11.8 Å². The van der Waals surface area contributed by atoms with Gasteiger partial charge in [-0.1, -0.05) is 30.4 Å². The topological polar surface area (TPSA) is 63.7 Å². The normalized spacial score (nSPS) is 31.7. The first-order valence-corrected chi connectivity index (χ1v) is 8.02. The van der Waals surface area contributed by atoms with Gasteiger partial charge in [0.2, 0.25) is 11.8 Å². The van der Waals surface area contributed by atoms with Crippen molar-refractivity contribution in [2.75, 3.05) is 6.73 Å². The summed E-state index contributed by atoms with van der Waals surface area (Å²) in [5, 5.41) is 0.169. The van der Waals surface area contributed by atoms with Gasteiger partial charge >= 0.3 is 5.97 Å². The monoisotopic (exact) mass is 315 g/mol. The highest BCUT2D eigenvalue weighted by Crippen LogP contribution is 2.53. The quantitative estimate of drug-likeness (QED) is 0.480. The number of rotatable bonds is 3. The molecule has 4 rings (SSSR count). The molecule has 0 radical (unpaired) electrons. The lowest BCUT2D eigenvalue weighted by molar-refractivity contribution is -0.144. The van der Waals surface area contributed by atoms with Crippen molar-refractivity contribution < 1.29 is 19.1 Å². The molecule has 2 bridgehead atoms. The zero-order chi connectivity index (χ0) is 15.3. The number of hydrogen-bond acceptors (Lipinski definition) is 5. The van der Waals surface area contributed by atoms with Gasteiger partial charge in [-0.05, 0) is 12.1 Å². The molecule has 2 saturated heterocycles. The number of nitrogens with zero attached hydrogens (tertiary/aromatic N) is 1. The van der Waals surface area contributed by atoms with Crippen molar-refractivity contribution in [2.45, 2.75) is 10.5 Å². The molecule has 2 amide bonds. The Hall–Kier alpha value is -2.08. The Morgan fingerprint density at radius 3 is 2.23 bits per heavy atom. The van der Waals surface area contributed by atoms with Crippen LogP contribution in [0.15, 0.2) is 42.5 Å². The highest BCUT2D eigenvalue weighted by molar-refractivity contribution is 8.01. The van der Waals surface area contributed by atoms with Crippen molar-refractivity contribution >= 4 is 29.5 Å². The van der Waals surface area contributed by atoms with Crippen molar-refractivity contribution in [2.24, 2.45) is 11.8 Å². The molecule has 0 aliphatic carbocycles. The SMILES string of the molecule is O=C(OCN1C(=O)C2C3C=CC(S3)C2C1=O)c1ccccc1. The zero-order valence-electron chi connectivity index (χ0n) is 11.5. The van der Waals surface area contributed by atoms with Crippen LogP contribution in [0.3, 0.4) is 0 Å². The van der Waals surface area contributed by atoms with Gasteiger partial charge in [0, 0.05) is 10.5 Å². The highest BCUT2D eigenvalue weighted by atomic mass is 32.2. The minimum absolute atomic E-state index is 0.0845. The number of likely N-dealkylation sites (tertiary alicyclic amines) is 1. The lowest BCUT2D eigenvalue weighted by Gasteiger charge is -2.16. The van der Waals surface area contributed by atoms with Crippen LogP contribution in [-0.2, 0) is 14.3 Å². The van der Waals surface area contributed by atoms with E-state index in [2.05, 4.69) is 0 Å². The molecule has 22 heavy (non-hydrogen) atoms. The summed E-state index contributed by atoms with van der Waals surface area (Å²) in [6.45, 7) is -0.303. The van der Waals surface area contributed by atoms with Crippen molar-refractivity contribution in [3.8, 4) is 0 Å². The van der Waals surface area contributed by atoms with E-state index in [0.717, 1.165) is 4.90 Å². The molecule has 5 nitrogen and oxygen atoms in total. The third-order valence-electron chi connectivity index (χ3n) is 4.34. The summed E-state index contributed by atoms with van der Waals surface area (Å²) in [5.41, 5.74) is 0.402. The van der Waals surface area contributed by atoms with E-state index in [0.29, 0.717) is 5.56 Å². The standard InChI is InChI=1S/C16H13NO4S/c18-14-12-10-6-7-11(22-10)13(12)15(19)17(14)8-21-16(20)9-4-2-1-3-5-9/h1-7,10-13H,8H2. The van der Waals surface area contributed by atoms with Gasteiger partial charge in [0.25, 0.3) is 0 Å². The molecule has 3 heterocycles. The number of amides is 2. The van der Waals surface area contributed by atoms with E-state index in [1.54, 1.807) is 42.1 Å². The fourth-order valence-corrected chi connectivity index (χ4v) is 4.91. The van der Waals surface area contributed by atoms with Crippen molar-refractivity contribution in [3.05, 3.63) is 48.0 Å². The Labute approximate surface area is 131 Å². The molecule has 3 aliphatic heterocycles. The first-order valence-electron chi connectivity index (χ1n) is 7.08. The van der Waals surface area contributed by atoms with Crippen LogP contribution in [0.4, 0.5) is 0 Å². The summed E-state index contributed by atoms with van der Waals surface area (Å²) in [4.78, 5) is 37.8. The second-order valence-corrected chi connectivity index (χ2v) is 6.89. The van der Waals surface area contributed by atoms with Crippen molar-refractivity contribution in [3.63, 3.8) is 0 Å². The van der Waals surface area contributed by atoms with Gasteiger partial charge in [0.1, 0.15) is 0 Å². The molecule has 0 aromatic heterocycles. The van der Waals surface area contributed by atoms with E-state index in [9.17, 15) is 14.4 Å². The lowest BCUT2D eigenvalue weighted by Crippen LogP contribution is -2.36.